The van der Waals surface area contributed by atoms with Gasteiger partial charge in [-0.15, -0.1) is 0 Å². The van der Waals surface area contributed by atoms with Gasteiger partial charge in [0.05, 0.1) is 0 Å². The highest BCUT2D eigenvalue weighted by atomic mass is 16.5. The van der Waals surface area contributed by atoms with Crippen molar-refractivity contribution in [1.29, 1.82) is 0 Å². The lowest BCUT2D eigenvalue weighted by Crippen LogP contribution is -1.98. The van der Waals surface area contributed by atoms with Crippen LogP contribution in [0.3, 0.4) is 0 Å². The summed E-state index contributed by atoms with van der Waals surface area (Å²) in [4.78, 5) is 0. The predicted octanol–water partition coefficient (Wildman–Crippen LogP) is 5.73. The van der Waals surface area contributed by atoms with E-state index in [0.717, 1.165) is 24.5 Å². The molecule has 1 aromatic heterocycles. The van der Waals surface area contributed by atoms with Gasteiger partial charge < -0.3 is 9.30 Å². The van der Waals surface area contributed by atoms with Crippen molar-refractivity contribution < 1.29 is 4.74 Å². The summed E-state index contributed by atoms with van der Waals surface area (Å²) in [6, 6.07) is 12.6. The Morgan fingerprint density at radius 1 is 1.13 bits per heavy atom. The molecule has 1 aliphatic carbocycles. The fourth-order valence-electron chi connectivity index (χ4n) is 2.68. The van der Waals surface area contributed by atoms with Crippen LogP contribution in [-0.4, -0.2) is 4.57 Å². The van der Waals surface area contributed by atoms with Crippen molar-refractivity contribution in [3.8, 4) is 17.0 Å². The molecule has 1 aromatic carbocycles. The molecule has 0 fully saturated rings. The molecule has 2 heteroatoms. The summed E-state index contributed by atoms with van der Waals surface area (Å²) in [6.45, 7) is 3.28. The van der Waals surface area contributed by atoms with Crippen LogP contribution in [0, 0.1) is 0 Å². The van der Waals surface area contributed by atoms with E-state index in [0.29, 0.717) is 0 Å². The molecule has 3 rings (SSSR count). The molecule has 1 heterocycles. The van der Waals surface area contributed by atoms with Gasteiger partial charge in [-0.2, -0.15) is 0 Å². The first-order valence-electron chi connectivity index (χ1n) is 8.33. The minimum atomic E-state index is 0.872. The summed E-state index contributed by atoms with van der Waals surface area (Å²) in [5, 5.41) is 0. The maximum Gasteiger partial charge on any atom is 0.128 e. The van der Waals surface area contributed by atoms with E-state index < -0.39 is 0 Å². The van der Waals surface area contributed by atoms with Crippen LogP contribution in [0.2, 0.25) is 0 Å². The van der Waals surface area contributed by atoms with E-state index in [-0.39, 0.29) is 0 Å². The number of nitrogens with zero attached hydrogens (tertiary/aromatic N) is 1. The second-order valence-corrected chi connectivity index (χ2v) is 5.71. The standard InChI is InChI=1S/C21H23NO/c1-2-3-15-22-16-9-14-21(22)18-10-8-13-20(17-18)23-19-11-6-4-5-7-12-19/h4,6-14,16-17H,2-3,5,15H2,1H3. The van der Waals surface area contributed by atoms with Crippen molar-refractivity contribution in [2.45, 2.75) is 32.7 Å². The third-order valence-electron chi connectivity index (χ3n) is 3.90. The largest absolute Gasteiger partial charge is 0.457 e. The monoisotopic (exact) mass is 305 g/mol. The number of benzene rings is 1. The molecule has 0 N–H and O–H groups in total. The number of ether oxygens (including phenoxy) is 1. The summed E-state index contributed by atoms with van der Waals surface area (Å²) in [6.07, 6.45) is 15.8. The Hall–Kier alpha value is -2.48. The van der Waals surface area contributed by atoms with Gasteiger partial charge in [-0.3, -0.25) is 0 Å². The quantitative estimate of drug-likeness (QED) is 0.664. The molecule has 23 heavy (non-hydrogen) atoms. The van der Waals surface area contributed by atoms with Crippen molar-refractivity contribution in [1.82, 2.24) is 4.57 Å². The van der Waals surface area contributed by atoms with Gasteiger partial charge >= 0.3 is 0 Å². The van der Waals surface area contributed by atoms with Crippen LogP contribution in [-0.2, 0) is 6.54 Å². The summed E-state index contributed by atoms with van der Waals surface area (Å²) < 4.78 is 8.32. The van der Waals surface area contributed by atoms with E-state index in [9.17, 15) is 0 Å². The molecule has 118 valence electrons. The van der Waals surface area contributed by atoms with E-state index >= 15 is 0 Å². The topological polar surface area (TPSA) is 14.2 Å². The van der Waals surface area contributed by atoms with Crippen molar-refractivity contribution in [2.24, 2.45) is 0 Å². The lowest BCUT2D eigenvalue weighted by molar-refractivity contribution is 0.445. The molecule has 2 aromatic rings. The lowest BCUT2D eigenvalue weighted by Gasteiger charge is -2.11. The first-order valence-corrected chi connectivity index (χ1v) is 8.33. The number of hydrogen-bond acceptors (Lipinski definition) is 1. The number of unbranched alkanes of at least 4 members (excludes halogenated alkanes) is 1. The van der Waals surface area contributed by atoms with Crippen molar-refractivity contribution in [2.75, 3.05) is 0 Å². The van der Waals surface area contributed by atoms with Crippen molar-refractivity contribution >= 4 is 0 Å². The fourth-order valence-corrected chi connectivity index (χ4v) is 2.68. The second kappa shape index (κ2) is 7.68. The first-order chi connectivity index (χ1) is 11.4. The van der Waals surface area contributed by atoms with E-state index in [4.69, 9.17) is 4.74 Å². The second-order valence-electron chi connectivity index (χ2n) is 5.71. The Morgan fingerprint density at radius 2 is 2.09 bits per heavy atom. The maximum atomic E-state index is 6.01. The number of rotatable bonds is 6. The highest BCUT2D eigenvalue weighted by Gasteiger charge is 2.06. The molecule has 1 aliphatic rings. The van der Waals surface area contributed by atoms with Gasteiger partial charge in [0.1, 0.15) is 11.5 Å². The van der Waals surface area contributed by atoms with Crippen LogP contribution in [0.5, 0.6) is 5.75 Å². The zero-order chi connectivity index (χ0) is 15.9. The van der Waals surface area contributed by atoms with Gasteiger partial charge in [-0.25, -0.2) is 0 Å². The molecule has 0 amide bonds. The minimum absolute atomic E-state index is 0.872. The Labute approximate surface area is 138 Å². The average molecular weight is 305 g/mol. The minimum Gasteiger partial charge on any atom is -0.457 e. The van der Waals surface area contributed by atoms with Crippen molar-refractivity contribution in [3.63, 3.8) is 0 Å². The van der Waals surface area contributed by atoms with Gasteiger partial charge in [-0.05, 0) is 49.3 Å². The molecule has 0 saturated carbocycles. The molecule has 0 atom stereocenters. The molecule has 0 aliphatic heterocycles. The van der Waals surface area contributed by atoms with Gasteiger partial charge in [-0.1, -0.05) is 43.7 Å². The molecule has 0 unspecified atom stereocenters. The maximum absolute atomic E-state index is 6.01. The summed E-state index contributed by atoms with van der Waals surface area (Å²) in [7, 11) is 0. The van der Waals surface area contributed by atoms with Crippen LogP contribution in [0.15, 0.2) is 78.7 Å². The van der Waals surface area contributed by atoms with Crippen LogP contribution >= 0.6 is 0 Å². The fraction of sp³-hybridized carbons (Fsp3) is 0.238. The Kier molecular flexibility index (Phi) is 5.15. The van der Waals surface area contributed by atoms with Crippen molar-refractivity contribution in [3.05, 3.63) is 78.7 Å². The molecule has 0 radical (unpaired) electrons. The van der Waals surface area contributed by atoms with Crippen LogP contribution in [0.25, 0.3) is 11.3 Å². The Balaban J connectivity index is 1.81. The third kappa shape index (κ3) is 4.04. The number of hydrogen-bond donors (Lipinski definition) is 0. The van der Waals surface area contributed by atoms with Gasteiger partial charge in [0.15, 0.2) is 0 Å². The highest BCUT2D eigenvalue weighted by Crippen LogP contribution is 2.26. The zero-order valence-corrected chi connectivity index (χ0v) is 13.6. The molecule has 0 bridgehead atoms. The molecular weight excluding hydrogens is 282 g/mol. The average Bonchev–Trinajstić information content (AvgIpc) is 2.90. The summed E-state index contributed by atoms with van der Waals surface area (Å²) >= 11 is 0. The van der Waals surface area contributed by atoms with E-state index in [1.165, 1.54) is 24.1 Å². The molecular formula is C21H23NO. The third-order valence-corrected chi connectivity index (χ3v) is 3.90. The molecule has 0 spiro atoms. The Bertz CT molecular complexity index is 734. The predicted molar refractivity (Wildman–Crippen MR) is 96.4 cm³/mol. The molecule has 2 nitrogen and oxygen atoms in total. The van der Waals surface area contributed by atoms with Gasteiger partial charge in [0.25, 0.3) is 0 Å². The summed E-state index contributed by atoms with van der Waals surface area (Å²) in [5.74, 6) is 1.74. The van der Waals surface area contributed by atoms with E-state index in [2.05, 4.69) is 60.2 Å². The normalized spacial score (nSPS) is 13.7. The zero-order valence-electron chi connectivity index (χ0n) is 13.6. The smallest absolute Gasteiger partial charge is 0.128 e. The van der Waals surface area contributed by atoms with Gasteiger partial charge in [0.2, 0.25) is 0 Å². The number of aromatic nitrogens is 1. The van der Waals surface area contributed by atoms with E-state index in [1.54, 1.807) is 0 Å². The SMILES string of the molecule is CCCCn1cccc1-c1cccc(OC2=CC=CCC=C2)c1. The lowest BCUT2D eigenvalue weighted by atomic mass is 10.1. The van der Waals surface area contributed by atoms with Gasteiger partial charge in [0, 0.05) is 24.0 Å². The highest BCUT2D eigenvalue weighted by molar-refractivity contribution is 5.62. The van der Waals surface area contributed by atoms with Crippen LogP contribution < -0.4 is 4.74 Å². The Morgan fingerprint density at radius 3 is 3.00 bits per heavy atom. The van der Waals surface area contributed by atoms with Crippen LogP contribution in [0.4, 0.5) is 0 Å². The van der Waals surface area contributed by atoms with Crippen LogP contribution in [0.1, 0.15) is 26.2 Å². The first kappa shape index (κ1) is 15.4. The number of aryl methyl sites for hydroxylation is 1. The summed E-state index contributed by atoms with van der Waals surface area (Å²) in [5.41, 5.74) is 2.44. The molecule has 0 saturated heterocycles. The van der Waals surface area contributed by atoms with E-state index in [1.807, 2.05) is 24.3 Å². The number of allylic oxidation sites excluding steroid dienone is 5.